The van der Waals surface area contributed by atoms with E-state index in [1.165, 1.54) is 0 Å². The Hall–Kier alpha value is -1.30. The van der Waals surface area contributed by atoms with Crippen LogP contribution < -0.4 is 16.4 Å². The van der Waals surface area contributed by atoms with E-state index in [4.69, 9.17) is 10.8 Å². The number of nitrogens with two attached hydrogens (primary N) is 1. The van der Waals surface area contributed by atoms with Gasteiger partial charge in [0, 0.05) is 13.2 Å². The number of primary amides is 1. The molecular weight excluding hydrogens is 210 g/mol. The van der Waals surface area contributed by atoms with Crippen molar-refractivity contribution in [2.75, 3.05) is 13.2 Å². The summed E-state index contributed by atoms with van der Waals surface area (Å²) in [6.45, 7) is 4.33. The maximum absolute atomic E-state index is 11.6. The Labute approximate surface area is 95.6 Å². The molecule has 0 fully saturated rings. The van der Waals surface area contributed by atoms with Gasteiger partial charge < -0.3 is 21.5 Å². The minimum Gasteiger partial charge on any atom is -0.396 e. The van der Waals surface area contributed by atoms with Gasteiger partial charge in [0.05, 0.1) is 0 Å². The molecule has 3 amide bonds. The molecular formula is C10H21N3O3. The summed E-state index contributed by atoms with van der Waals surface area (Å²) in [6, 6.07) is -1.31. The van der Waals surface area contributed by atoms with Gasteiger partial charge in [0.25, 0.3) is 0 Å². The van der Waals surface area contributed by atoms with Crippen molar-refractivity contribution in [3.8, 4) is 0 Å². The lowest BCUT2D eigenvalue weighted by molar-refractivity contribution is -0.123. The summed E-state index contributed by atoms with van der Waals surface area (Å²) in [5.74, 6) is 0.0152. The van der Waals surface area contributed by atoms with Crippen molar-refractivity contribution >= 4 is 11.9 Å². The molecule has 5 N–H and O–H groups in total. The Balaban J connectivity index is 4.15. The van der Waals surface area contributed by atoms with Crippen LogP contribution in [0.2, 0.25) is 0 Å². The van der Waals surface area contributed by atoms with Crippen molar-refractivity contribution in [2.24, 2.45) is 11.7 Å². The average Bonchev–Trinajstić information content (AvgIpc) is 2.15. The van der Waals surface area contributed by atoms with Crippen LogP contribution in [0.1, 0.15) is 26.7 Å². The van der Waals surface area contributed by atoms with Gasteiger partial charge in [-0.3, -0.25) is 4.79 Å². The third-order valence-corrected chi connectivity index (χ3v) is 1.97. The van der Waals surface area contributed by atoms with Gasteiger partial charge in [-0.1, -0.05) is 13.8 Å². The van der Waals surface area contributed by atoms with E-state index in [0.717, 1.165) is 0 Å². The first-order chi connectivity index (χ1) is 7.47. The van der Waals surface area contributed by atoms with Crippen LogP contribution in [-0.2, 0) is 4.79 Å². The predicted molar refractivity (Wildman–Crippen MR) is 60.7 cm³/mol. The van der Waals surface area contributed by atoms with E-state index >= 15 is 0 Å². The third kappa shape index (κ3) is 7.05. The van der Waals surface area contributed by atoms with Crippen molar-refractivity contribution in [3.05, 3.63) is 0 Å². The lowest BCUT2D eigenvalue weighted by Gasteiger charge is -2.18. The van der Waals surface area contributed by atoms with Crippen molar-refractivity contribution in [2.45, 2.75) is 32.7 Å². The number of hydrogen-bond donors (Lipinski definition) is 4. The second-order valence-electron chi connectivity index (χ2n) is 4.06. The first-order valence-electron chi connectivity index (χ1n) is 5.42. The largest absolute Gasteiger partial charge is 0.396 e. The van der Waals surface area contributed by atoms with E-state index in [0.29, 0.717) is 19.4 Å². The summed E-state index contributed by atoms with van der Waals surface area (Å²) in [5, 5.41) is 13.6. The van der Waals surface area contributed by atoms with E-state index in [9.17, 15) is 9.59 Å². The van der Waals surface area contributed by atoms with Crippen LogP contribution in [0.4, 0.5) is 4.79 Å². The first-order valence-corrected chi connectivity index (χ1v) is 5.42. The van der Waals surface area contributed by atoms with Crippen LogP contribution >= 0.6 is 0 Å². The Morgan fingerprint density at radius 1 is 1.38 bits per heavy atom. The van der Waals surface area contributed by atoms with Crippen molar-refractivity contribution in [1.82, 2.24) is 10.6 Å². The van der Waals surface area contributed by atoms with Gasteiger partial charge in [-0.2, -0.15) is 0 Å². The molecule has 0 aliphatic rings. The lowest BCUT2D eigenvalue weighted by atomic mass is 10.0. The van der Waals surface area contributed by atoms with Gasteiger partial charge >= 0.3 is 6.03 Å². The highest BCUT2D eigenvalue weighted by molar-refractivity contribution is 5.86. The highest BCUT2D eigenvalue weighted by Gasteiger charge is 2.20. The molecule has 1 atom stereocenters. The normalized spacial score (nSPS) is 12.2. The van der Waals surface area contributed by atoms with Crippen LogP contribution in [0.5, 0.6) is 0 Å². The number of amides is 3. The number of carbonyl (C=O) groups excluding carboxylic acids is 2. The molecule has 6 heteroatoms. The van der Waals surface area contributed by atoms with Crippen LogP contribution in [0.25, 0.3) is 0 Å². The predicted octanol–water partition coefficient (Wildman–Crippen LogP) is -0.432. The molecule has 16 heavy (non-hydrogen) atoms. The zero-order valence-electron chi connectivity index (χ0n) is 9.82. The molecule has 0 spiro atoms. The number of hydrogen-bond acceptors (Lipinski definition) is 3. The van der Waals surface area contributed by atoms with Gasteiger partial charge in [-0.25, -0.2) is 4.79 Å². The van der Waals surface area contributed by atoms with Crippen molar-refractivity contribution < 1.29 is 14.7 Å². The molecule has 0 rings (SSSR count). The zero-order valence-corrected chi connectivity index (χ0v) is 9.82. The molecule has 0 aromatic rings. The molecule has 0 aromatic heterocycles. The fraction of sp³-hybridized carbons (Fsp3) is 0.800. The van der Waals surface area contributed by atoms with Crippen molar-refractivity contribution in [1.29, 1.82) is 0 Å². The maximum atomic E-state index is 11.6. The van der Waals surface area contributed by atoms with E-state index in [1.54, 1.807) is 0 Å². The Morgan fingerprint density at radius 2 is 2.00 bits per heavy atom. The first kappa shape index (κ1) is 14.7. The van der Waals surface area contributed by atoms with Crippen LogP contribution in [-0.4, -0.2) is 36.2 Å². The van der Waals surface area contributed by atoms with E-state index in [1.807, 2.05) is 13.8 Å². The summed E-state index contributed by atoms with van der Waals surface area (Å²) < 4.78 is 0. The number of urea groups is 1. The maximum Gasteiger partial charge on any atom is 0.312 e. The number of rotatable bonds is 7. The zero-order chi connectivity index (χ0) is 12.6. The standard InChI is InChI=1S/C10H21N3O3/c1-7(2)6-8(13-10(11)16)9(15)12-4-3-5-14/h7-8,14H,3-6H2,1-2H3,(H,12,15)(H3,11,13,16). The molecule has 1 unspecified atom stereocenters. The molecule has 0 saturated heterocycles. The highest BCUT2D eigenvalue weighted by Crippen LogP contribution is 2.04. The SMILES string of the molecule is CC(C)CC(NC(N)=O)C(=O)NCCCO. The summed E-state index contributed by atoms with van der Waals surface area (Å²) in [7, 11) is 0. The Morgan fingerprint density at radius 3 is 2.44 bits per heavy atom. The fourth-order valence-electron chi connectivity index (χ4n) is 1.29. The molecule has 0 saturated carbocycles. The Kier molecular flexibility index (Phi) is 7.28. The molecule has 6 nitrogen and oxygen atoms in total. The molecule has 94 valence electrons. The van der Waals surface area contributed by atoms with Crippen LogP contribution in [0, 0.1) is 5.92 Å². The molecule has 0 aromatic carbocycles. The molecule has 0 heterocycles. The van der Waals surface area contributed by atoms with Gasteiger partial charge in [-0.15, -0.1) is 0 Å². The van der Waals surface area contributed by atoms with Gasteiger partial charge in [0.1, 0.15) is 6.04 Å². The second-order valence-corrected chi connectivity index (χ2v) is 4.06. The summed E-state index contributed by atoms with van der Waals surface area (Å²) >= 11 is 0. The smallest absolute Gasteiger partial charge is 0.312 e. The van der Waals surface area contributed by atoms with Gasteiger partial charge in [0.2, 0.25) is 5.91 Å². The van der Waals surface area contributed by atoms with E-state index in [-0.39, 0.29) is 18.4 Å². The summed E-state index contributed by atoms with van der Waals surface area (Å²) in [4.78, 5) is 22.3. The minimum atomic E-state index is -0.706. The van der Waals surface area contributed by atoms with E-state index in [2.05, 4.69) is 10.6 Å². The monoisotopic (exact) mass is 231 g/mol. The number of nitrogens with one attached hydrogen (secondary N) is 2. The van der Waals surface area contributed by atoms with Crippen LogP contribution in [0.15, 0.2) is 0 Å². The molecule has 0 bridgehead atoms. The highest BCUT2D eigenvalue weighted by atomic mass is 16.3. The Bertz CT molecular complexity index is 231. The number of aliphatic hydroxyl groups excluding tert-OH is 1. The molecule has 0 aliphatic carbocycles. The van der Waals surface area contributed by atoms with Crippen LogP contribution in [0.3, 0.4) is 0 Å². The van der Waals surface area contributed by atoms with Gasteiger partial charge in [-0.05, 0) is 18.8 Å². The number of carbonyl (C=O) groups is 2. The summed E-state index contributed by atoms with van der Waals surface area (Å²) in [5.41, 5.74) is 4.99. The average molecular weight is 231 g/mol. The third-order valence-electron chi connectivity index (χ3n) is 1.97. The topological polar surface area (TPSA) is 104 Å². The molecule has 0 radical (unpaired) electrons. The lowest BCUT2D eigenvalue weighted by Crippen LogP contribution is -2.49. The fourth-order valence-corrected chi connectivity index (χ4v) is 1.29. The molecule has 0 aliphatic heterocycles. The van der Waals surface area contributed by atoms with Crippen molar-refractivity contribution in [3.63, 3.8) is 0 Å². The number of aliphatic hydroxyl groups is 1. The second kappa shape index (κ2) is 7.92. The summed E-state index contributed by atoms with van der Waals surface area (Å²) in [6.07, 6.45) is 1.03. The van der Waals surface area contributed by atoms with Gasteiger partial charge in [0.15, 0.2) is 0 Å². The minimum absolute atomic E-state index is 0.0262. The van der Waals surface area contributed by atoms with E-state index < -0.39 is 12.1 Å². The quantitative estimate of drug-likeness (QED) is 0.447.